The Labute approximate surface area is 109 Å². The highest BCUT2D eigenvalue weighted by atomic mass is 16.5. The number of benzene rings is 1. The predicted octanol–water partition coefficient (Wildman–Crippen LogP) is 2.70. The Hall–Kier alpha value is -1.22. The van der Waals surface area contributed by atoms with Crippen LogP contribution in [0.1, 0.15) is 30.4 Å². The van der Waals surface area contributed by atoms with Gasteiger partial charge in [0, 0.05) is 11.6 Å². The number of methoxy groups -OCH3 is 2. The third kappa shape index (κ3) is 2.78. The normalized spacial score (nSPS) is 19.6. The molecule has 1 heterocycles. The van der Waals surface area contributed by atoms with E-state index < -0.39 is 0 Å². The van der Waals surface area contributed by atoms with Gasteiger partial charge in [-0.25, -0.2) is 0 Å². The van der Waals surface area contributed by atoms with Crippen molar-refractivity contribution < 1.29 is 9.47 Å². The quantitative estimate of drug-likeness (QED) is 0.890. The Balaban J connectivity index is 2.18. The van der Waals surface area contributed by atoms with Crippen molar-refractivity contribution in [2.24, 2.45) is 0 Å². The van der Waals surface area contributed by atoms with Gasteiger partial charge in [-0.2, -0.15) is 0 Å². The molecule has 0 spiro atoms. The van der Waals surface area contributed by atoms with Crippen LogP contribution in [-0.4, -0.2) is 26.8 Å². The van der Waals surface area contributed by atoms with E-state index in [0.29, 0.717) is 6.04 Å². The average Bonchev–Trinajstić information content (AvgIpc) is 2.40. The summed E-state index contributed by atoms with van der Waals surface area (Å²) in [6, 6.07) is 4.75. The van der Waals surface area contributed by atoms with E-state index in [9.17, 15) is 0 Å². The summed E-state index contributed by atoms with van der Waals surface area (Å²) in [7, 11) is 3.43. The van der Waals surface area contributed by atoms with Crippen molar-refractivity contribution in [3.8, 4) is 11.5 Å². The molecule has 1 aliphatic rings. The standard InChI is InChI=1S/C15H23NO2/c1-11-14(17-2)8-7-12(15(11)18-3)10-13-6-4-5-9-16-13/h7-8,13,16H,4-6,9-10H2,1-3H3. The molecule has 1 unspecified atom stereocenters. The fourth-order valence-corrected chi connectivity index (χ4v) is 2.76. The van der Waals surface area contributed by atoms with E-state index >= 15 is 0 Å². The molecular formula is C15H23NO2. The Morgan fingerprint density at radius 2 is 2.06 bits per heavy atom. The second-order valence-electron chi connectivity index (χ2n) is 4.94. The molecule has 1 N–H and O–H groups in total. The third-order valence-electron chi connectivity index (χ3n) is 3.74. The van der Waals surface area contributed by atoms with Crippen LogP contribution in [0.25, 0.3) is 0 Å². The van der Waals surface area contributed by atoms with E-state index in [1.807, 2.05) is 6.07 Å². The third-order valence-corrected chi connectivity index (χ3v) is 3.74. The molecule has 3 heteroatoms. The SMILES string of the molecule is COc1ccc(CC2CCCCN2)c(OC)c1C. The van der Waals surface area contributed by atoms with Gasteiger partial charge in [0.1, 0.15) is 11.5 Å². The summed E-state index contributed by atoms with van der Waals surface area (Å²) in [5, 5.41) is 3.58. The molecule has 0 amide bonds. The number of nitrogens with one attached hydrogen (secondary N) is 1. The van der Waals surface area contributed by atoms with E-state index in [0.717, 1.165) is 30.0 Å². The maximum atomic E-state index is 5.55. The summed E-state index contributed by atoms with van der Waals surface area (Å²) in [6.07, 6.45) is 4.92. The largest absolute Gasteiger partial charge is 0.496 e. The van der Waals surface area contributed by atoms with Gasteiger partial charge in [-0.05, 0) is 44.4 Å². The van der Waals surface area contributed by atoms with Crippen LogP contribution in [0.3, 0.4) is 0 Å². The van der Waals surface area contributed by atoms with Crippen LogP contribution < -0.4 is 14.8 Å². The molecule has 3 nitrogen and oxygen atoms in total. The summed E-state index contributed by atoms with van der Waals surface area (Å²) in [6.45, 7) is 3.19. The van der Waals surface area contributed by atoms with E-state index in [4.69, 9.17) is 9.47 Å². The Morgan fingerprint density at radius 3 is 2.67 bits per heavy atom. The van der Waals surface area contributed by atoms with Crippen LogP contribution in [0.2, 0.25) is 0 Å². The van der Waals surface area contributed by atoms with Gasteiger partial charge in [0.05, 0.1) is 14.2 Å². The van der Waals surface area contributed by atoms with Crippen molar-refractivity contribution in [1.82, 2.24) is 5.32 Å². The molecule has 1 aliphatic heterocycles. The molecule has 0 bridgehead atoms. The molecule has 0 saturated carbocycles. The van der Waals surface area contributed by atoms with Gasteiger partial charge >= 0.3 is 0 Å². The lowest BCUT2D eigenvalue weighted by Crippen LogP contribution is -2.35. The van der Waals surface area contributed by atoms with Crippen molar-refractivity contribution >= 4 is 0 Å². The molecule has 18 heavy (non-hydrogen) atoms. The summed E-state index contributed by atoms with van der Waals surface area (Å²) >= 11 is 0. The number of rotatable bonds is 4. The maximum absolute atomic E-state index is 5.55. The summed E-state index contributed by atoms with van der Waals surface area (Å²) < 4.78 is 10.9. The maximum Gasteiger partial charge on any atom is 0.128 e. The van der Waals surface area contributed by atoms with Gasteiger partial charge < -0.3 is 14.8 Å². The number of hydrogen-bond acceptors (Lipinski definition) is 3. The van der Waals surface area contributed by atoms with Crippen molar-refractivity contribution in [3.05, 3.63) is 23.3 Å². The topological polar surface area (TPSA) is 30.5 Å². The zero-order valence-electron chi connectivity index (χ0n) is 11.6. The van der Waals surface area contributed by atoms with Gasteiger partial charge in [0.2, 0.25) is 0 Å². The summed E-state index contributed by atoms with van der Waals surface area (Å²) in [5.41, 5.74) is 2.36. The van der Waals surface area contributed by atoms with Crippen molar-refractivity contribution in [2.45, 2.75) is 38.6 Å². The minimum atomic E-state index is 0.584. The summed E-state index contributed by atoms with van der Waals surface area (Å²) in [4.78, 5) is 0. The monoisotopic (exact) mass is 249 g/mol. The Morgan fingerprint density at radius 1 is 1.22 bits per heavy atom. The molecule has 0 aromatic heterocycles. The molecule has 1 fully saturated rings. The lowest BCUT2D eigenvalue weighted by Gasteiger charge is -2.24. The first-order chi connectivity index (χ1) is 8.76. The number of hydrogen-bond donors (Lipinski definition) is 1. The fourth-order valence-electron chi connectivity index (χ4n) is 2.76. The second kappa shape index (κ2) is 6.10. The molecule has 100 valence electrons. The zero-order valence-corrected chi connectivity index (χ0v) is 11.6. The van der Waals surface area contributed by atoms with E-state index in [-0.39, 0.29) is 0 Å². The van der Waals surface area contributed by atoms with Gasteiger partial charge in [-0.3, -0.25) is 0 Å². The molecule has 1 atom stereocenters. The van der Waals surface area contributed by atoms with E-state index in [2.05, 4.69) is 18.3 Å². The van der Waals surface area contributed by atoms with Crippen LogP contribution >= 0.6 is 0 Å². The van der Waals surface area contributed by atoms with Crippen molar-refractivity contribution in [1.29, 1.82) is 0 Å². The highest BCUT2D eigenvalue weighted by Crippen LogP contribution is 2.32. The summed E-state index contributed by atoms with van der Waals surface area (Å²) in [5.74, 6) is 1.87. The van der Waals surface area contributed by atoms with Gasteiger partial charge in [-0.1, -0.05) is 12.5 Å². The van der Waals surface area contributed by atoms with Gasteiger partial charge in [-0.15, -0.1) is 0 Å². The first-order valence-electron chi connectivity index (χ1n) is 6.70. The minimum absolute atomic E-state index is 0.584. The lowest BCUT2D eigenvalue weighted by molar-refractivity contribution is 0.372. The van der Waals surface area contributed by atoms with Crippen molar-refractivity contribution in [3.63, 3.8) is 0 Å². The first-order valence-corrected chi connectivity index (χ1v) is 6.70. The predicted molar refractivity (Wildman–Crippen MR) is 73.6 cm³/mol. The lowest BCUT2D eigenvalue weighted by atomic mass is 9.96. The molecule has 2 rings (SSSR count). The smallest absolute Gasteiger partial charge is 0.128 e. The van der Waals surface area contributed by atoms with Gasteiger partial charge in [0.15, 0.2) is 0 Å². The highest BCUT2D eigenvalue weighted by molar-refractivity contribution is 5.49. The molecule has 0 radical (unpaired) electrons. The van der Waals surface area contributed by atoms with Gasteiger partial charge in [0.25, 0.3) is 0 Å². The molecular weight excluding hydrogens is 226 g/mol. The first kappa shape index (κ1) is 13.2. The Kier molecular flexibility index (Phi) is 4.48. The van der Waals surface area contributed by atoms with Crippen LogP contribution in [0, 0.1) is 6.92 Å². The molecule has 0 aliphatic carbocycles. The number of piperidine rings is 1. The van der Waals surface area contributed by atoms with E-state index in [1.54, 1.807) is 14.2 Å². The molecule has 1 saturated heterocycles. The van der Waals surface area contributed by atoms with Crippen molar-refractivity contribution in [2.75, 3.05) is 20.8 Å². The molecule has 1 aromatic carbocycles. The Bertz CT molecular complexity index is 398. The van der Waals surface area contributed by atoms with Crippen LogP contribution in [0.4, 0.5) is 0 Å². The van der Waals surface area contributed by atoms with Crippen LogP contribution in [0.15, 0.2) is 12.1 Å². The van der Waals surface area contributed by atoms with E-state index in [1.165, 1.54) is 24.8 Å². The average molecular weight is 249 g/mol. The number of ether oxygens (including phenoxy) is 2. The zero-order chi connectivity index (χ0) is 13.0. The fraction of sp³-hybridized carbons (Fsp3) is 0.600. The van der Waals surface area contributed by atoms with Crippen LogP contribution in [0.5, 0.6) is 11.5 Å². The minimum Gasteiger partial charge on any atom is -0.496 e. The highest BCUT2D eigenvalue weighted by Gasteiger charge is 2.17. The van der Waals surface area contributed by atoms with Crippen LogP contribution in [-0.2, 0) is 6.42 Å². The molecule has 1 aromatic rings. The second-order valence-corrected chi connectivity index (χ2v) is 4.94.